The fraction of sp³-hybridized carbons (Fsp3) is 0.231. The summed E-state index contributed by atoms with van der Waals surface area (Å²) < 4.78 is 38.4. The predicted molar refractivity (Wildman–Crippen MR) is 130 cm³/mol. The fourth-order valence-corrected chi connectivity index (χ4v) is 5.40. The van der Waals surface area contributed by atoms with Gasteiger partial charge in [0.25, 0.3) is 11.8 Å². The molecular formula is C26H25N3O5S. The molecule has 0 N–H and O–H groups in total. The average molecular weight is 492 g/mol. The molecule has 0 aliphatic carbocycles. The molecule has 8 nitrogen and oxygen atoms in total. The second kappa shape index (κ2) is 9.07. The van der Waals surface area contributed by atoms with Gasteiger partial charge in [0.1, 0.15) is 0 Å². The normalized spacial score (nSPS) is 14.3. The number of oxazole rings is 1. The minimum atomic E-state index is -3.95. The van der Waals surface area contributed by atoms with Crippen molar-refractivity contribution in [2.45, 2.75) is 23.8 Å². The number of piperazine rings is 1. The zero-order chi connectivity index (χ0) is 24.6. The lowest BCUT2D eigenvalue weighted by molar-refractivity contribution is 0.0745. The molecule has 1 fully saturated rings. The van der Waals surface area contributed by atoms with Crippen LogP contribution in [0.5, 0.6) is 0 Å². The van der Waals surface area contributed by atoms with Crippen molar-refractivity contribution in [3.05, 3.63) is 83.6 Å². The van der Waals surface area contributed by atoms with Gasteiger partial charge in [0, 0.05) is 31.7 Å². The van der Waals surface area contributed by atoms with Crippen LogP contribution in [0, 0.1) is 13.8 Å². The Balaban J connectivity index is 1.44. The van der Waals surface area contributed by atoms with Gasteiger partial charge < -0.3 is 18.6 Å². The van der Waals surface area contributed by atoms with Crippen LogP contribution in [0.2, 0.25) is 0 Å². The summed E-state index contributed by atoms with van der Waals surface area (Å²) in [6.45, 7) is 5.50. The molecule has 5 rings (SSSR count). The van der Waals surface area contributed by atoms with Crippen molar-refractivity contribution in [1.29, 1.82) is 0 Å². The van der Waals surface area contributed by atoms with Crippen LogP contribution in [0.15, 0.2) is 85.7 Å². The van der Waals surface area contributed by atoms with E-state index in [4.69, 9.17) is 8.83 Å². The maximum absolute atomic E-state index is 13.5. The van der Waals surface area contributed by atoms with Crippen LogP contribution < -0.4 is 4.90 Å². The highest BCUT2D eigenvalue weighted by Gasteiger charge is 2.34. The van der Waals surface area contributed by atoms with Crippen LogP contribution in [0.3, 0.4) is 0 Å². The topological polar surface area (TPSA) is 96.9 Å². The van der Waals surface area contributed by atoms with E-state index in [-0.39, 0.29) is 27.6 Å². The molecule has 1 aliphatic rings. The zero-order valence-electron chi connectivity index (χ0n) is 19.5. The lowest BCUT2D eigenvalue weighted by Crippen LogP contribution is -2.49. The van der Waals surface area contributed by atoms with E-state index < -0.39 is 9.84 Å². The quantitative estimate of drug-likeness (QED) is 0.409. The fourth-order valence-electron chi connectivity index (χ4n) is 4.08. The van der Waals surface area contributed by atoms with Crippen LogP contribution in [-0.4, -0.2) is 50.4 Å². The molecule has 1 amide bonds. The van der Waals surface area contributed by atoms with Crippen LogP contribution >= 0.6 is 0 Å². The molecule has 35 heavy (non-hydrogen) atoms. The van der Waals surface area contributed by atoms with Gasteiger partial charge >= 0.3 is 0 Å². The number of rotatable bonds is 5. The highest BCUT2D eigenvalue weighted by atomic mass is 32.2. The first-order valence-electron chi connectivity index (χ1n) is 11.3. The lowest BCUT2D eigenvalue weighted by Gasteiger charge is -2.34. The standard InChI is InChI=1S/C26H25N3O5S/c1-18-8-10-21(11-9-18)35(31,32)24-26(34-23(27-24)22-7-4-16-33-22)29-14-12-28(13-15-29)25(30)20-6-3-5-19(2)17-20/h3-11,16-17H,12-15H2,1-2H3. The van der Waals surface area contributed by atoms with Gasteiger partial charge in [-0.1, -0.05) is 35.4 Å². The molecule has 0 saturated carbocycles. The Morgan fingerprint density at radius 2 is 1.66 bits per heavy atom. The van der Waals surface area contributed by atoms with Gasteiger partial charge in [0.05, 0.1) is 11.2 Å². The van der Waals surface area contributed by atoms with Crippen molar-refractivity contribution < 1.29 is 22.0 Å². The van der Waals surface area contributed by atoms with E-state index in [0.717, 1.165) is 11.1 Å². The molecule has 2 aromatic heterocycles. The summed E-state index contributed by atoms with van der Waals surface area (Å²) in [5, 5.41) is -0.161. The van der Waals surface area contributed by atoms with Crippen LogP contribution in [0.25, 0.3) is 11.7 Å². The van der Waals surface area contributed by atoms with Gasteiger partial charge in [0.2, 0.25) is 20.7 Å². The number of amides is 1. The Morgan fingerprint density at radius 3 is 2.31 bits per heavy atom. The summed E-state index contributed by atoms with van der Waals surface area (Å²) in [7, 11) is -3.95. The van der Waals surface area contributed by atoms with Gasteiger partial charge in [-0.3, -0.25) is 4.79 Å². The number of aryl methyl sites for hydroxylation is 2. The van der Waals surface area contributed by atoms with E-state index in [9.17, 15) is 13.2 Å². The SMILES string of the molecule is Cc1ccc(S(=O)(=O)c2nc(-c3ccco3)oc2N2CCN(C(=O)c3cccc(C)c3)CC2)cc1. The molecule has 180 valence electrons. The zero-order valence-corrected chi connectivity index (χ0v) is 20.3. The molecule has 1 saturated heterocycles. The third-order valence-electron chi connectivity index (χ3n) is 6.02. The number of benzene rings is 2. The number of hydrogen-bond donors (Lipinski definition) is 0. The Morgan fingerprint density at radius 1 is 0.914 bits per heavy atom. The van der Waals surface area contributed by atoms with E-state index >= 15 is 0 Å². The van der Waals surface area contributed by atoms with Crippen molar-refractivity contribution in [2.75, 3.05) is 31.1 Å². The van der Waals surface area contributed by atoms with Crippen molar-refractivity contribution in [1.82, 2.24) is 9.88 Å². The molecule has 0 bridgehead atoms. The molecule has 2 aromatic carbocycles. The summed E-state index contributed by atoms with van der Waals surface area (Å²) in [4.78, 5) is 21.0. The van der Waals surface area contributed by atoms with E-state index in [2.05, 4.69) is 4.98 Å². The largest absolute Gasteiger partial charge is 0.459 e. The highest BCUT2D eigenvalue weighted by Crippen LogP contribution is 2.35. The van der Waals surface area contributed by atoms with Gasteiger partial charge in [0.15, 0.2) is 5.76 Å². The van der Waals surface area contributed by atoms with E-state index in [1.165, 1.54) is 6.26 Å². The lowest BCUT2D eigenvalue weighted by atomic mass is 10.1. The molecule has 0 atom stereocenters. The van der Waals surface area contributed by atoms with E-state index in [1.54, 1.807) is 47.4 Å². The number of furan rings is 1. The van der Waals surface area contributed by atoms with E-state index in [1.807, 2.05) is 36.9 Å². The van der Waals surface area contributed by atoms with Gasteiger partial charge in [-0.2, -0.15) is 4.98 Å². The first kappa shape index (κ1) is 22.9. The molecule has 4 aromatic rings. The number of sulfone groups is 1. The second-order valence-electron chi connectivity index (χ2n) is 8.57. The molecule has 1 aliphatic heterocycles. The number of nitrogens with zero attached hydrogens (tertiary/aromatic N) is 3. The van der Waals surface area contributed by atoms with Gasteiger partial charge in [-0.05, 0) is 50.2 Å². The molecule has 9 heteroatoms. The van der Waals surface area contributed by atoms with Crippen LogP contribution in [-0.2, 0) is 9.84 Å². The molecule has 0 spiro atoms. The first-order valence-corrected chi connectivity index (χ1v) is 12.8. The Bertz CT molecular complexity index is 1450. The molecular weight excluding hydrogens is 466 g/mol. The summed E-state index contributed by atoms with van der Waals surface area (Å²) in [6, 6.07) is 17.5. The average Bonchev–Trinajstić information content (AvgIpc) is 3.55. The predicted octanol–water partition coefficient (Wildman–Crippen LogP) is 4.35. The molecule has 0 radical (unpaired) electrons. The maximum Gasteiger partial charge on any atom is 0.266 e. The number of anilines is 1. The van der Waals surface area contributed by atoms with Gasteiger partial charge in [-0.25, -0.2) is 8.42 Å². The second-order valence-corrected chi connectivity index (χ2v) is 10.4. The smallest absolute Gasteiger partial charge is 0.266 e. The summed E-state index contributed by atoms with van der Waals surface area (Å²) in [5.74, 6) is 0.535. The van der Waals surface area contributed by atoms with Crippen LogP contribution in [0.1, 0.15) is 21.5 Å². The van der Waals surface area contributed by atoms with Crippen molar-refractivity contribution in [3.8, 4) is 11.7 Å². The van der Waals surface area contributed by atoms with Crippen LogP contribution in [0.4, 0.5) is 5.88 Å². The highest BCUT2D eigenvalue weighted by molar-refractivity contribution is 7.91. The first-order chi connectivity index (χ1) is 16.8. The van der Waals surface area contributed by atoms with Crippen molar-refractivity contribution in [2.24, 2.45) is 0 Å². The number of hydrogen-bond acceptors (Lipinski definition) is 7. The number of aromatic nitrogens is 1. The monoisotopic (exact) mass is 491 g/mol. The minimum Gasteiger partial charge on any atom is -0.459 e. The van der Waals surface area contributed by atoms with Crippen molar-refractivity contribution in [3.63, 3.8) is 0 Å². The van der Waals surface area contributed by atoms with Crippen molar-refractivity contribution >= 4 is 21.6 Å². The third kappa shape index (κ3) is 4.46. The third-order valence-corrected chi connectivity index (χ3v) is 7.68. The Kier molecular flexibility index (Phi) is 5.94. The Hall–Kier alpha value is -3.85. The number of carbonyl (C=O) groups is 1. The molecule has 3 heterocycles. The molecule has 0 unspecified atom stereocenters. The summed E-state index contributed by atoms with van der Waals surface area (Å²) >= 11 is 0. The minimum absolute atomic E-state index is 0.0466. The summed E-state index contributed by atoms with van der Waals surface area (Å²) in [5.41, 5.74) is 2.61. The van der Waals surface area contributed by atoms with Gasteiger partial charge in [-0.15, -0.1) is 0 Å². The van der Waals surface area contributed by atoms with E-state index in [0.29, 0.717) is 37.5 Å². The summed E-state index contributed by atoms with van der Waals surface area (Å²) in [6.07, 6.45) is 1.48. The maximum atomic E-state index is 13.5. The number of carbonyl (C=O) groups excluding carboxylic acids is 1. The Labute approximate surface area is 203 Å².